The first-order chi connectivity index (χ1) is 31.2. The molecule has 2 fully saturated rings. The third kappa shape index (κ3) is 14.9. The molecule has 65 heavy (non-hydrogen) atoms. The van der Waals surface area contributed by atoms with Gasteiger partial charge in [0.2, 0.25) is 17.7 Å². The van der Waals surface area contributed by atoms with Crippen molar-refractivity contribution in [2.75, 3.05) is 65.4 Å². The lowest BCUT2D eigenvalue weighted by Gasteiger charge is -2.38. The summed E-state index contributed by atoms with van der Waals surface area (Å²) in [4.78, 5) is 53.2. The third-order valence-corrected chi connectivity index (χ3v) is 12.5. The minimum atomic E-state index is -4.90. The van der Waals surface area contributed by atoms with Crippen LogP contribution in [0.3, 0.4) is 0 Å². The molecule has 1 aliphatic carbocycles. The first kappa shape index (κ1) is 49.1. The number of fused-ring (bicyclic) bond motifs is 1. The molecule has 2 aromatic carbocycles. The number of aryl methyl sites for hydroxylation is 1. The van der Waals surface area contributed by atoms with E-state index >= 15 is 0 Å². The van der Waals surface area contributed by atoms with E-state index in [1.54, 1.807) is 19.2 Å². The Kier molecular flexibility index (Phi) is 17.6. The summed E-state index contributed by atoms with van der Waals surface area (Å²) < 4.78 is 53.1. The van der Waals surface area contributed by atoms with Crippen LogP contribution in [0.15, 0.2) is 42.6 Å². The van der Waals surface area contributed by atoms with Crippen LogP contribution in [-0.4, -0.2) is 132 Å². The zero-order valence-corrected chi connectivity index (χ0v) is 37.0. The SMILES string of the molecule is C[C@H](C(=O)O)[C@H](c1ccc2c(c1)O[C@@H](C1CCN(Cc3cc(-c4cn(CC(=O)NCCN(CCC(=O)NCCN)CCC(=O)NCCN)nn4)ccc3OC(F)(F)F)CC1)CC2)C1CC1. The van der Waals surface area contributed by atoms with Crippen molar-refractivity contribution < 1.29 is 46.9 Å². The lowest BCUT2D eigenvalue weighted by atomic mass is 9.81. The van der Waals surface area contributed by atoms with Crippen molar-refractivity contribution in [1.82, 2.24) is 40.7 Å². The molecule has 2 aliphatic heterocycles. The normalized spacial score (nSPS) is 17.7. The highest BCUT2D eigenvalue weighted by atomic mass is 19.4. The Morgan fingerprint density at radius 2 is 1.58 bits per heavy atom. The number of carboxylic acid groups (broad SMARTS) is 1. The van der Waals surface area contributed by atoms with Crippen LogP contribution >= 0.6 is 0 Å². The van der Waals surface area contributed by atoms with Crippen molar-refractivity contribution in [3.63, 3.8) is 0 Å². The predicted molar refractivity (Wildman–Crippen MR) is 234 cm³/mol. The molecule has 3 atom stereocenters. The fraction of sp³-hybridized carbons (Fsp3) is 0.600. The number of benzene rings is 2. The molecule has 0 bridgehead atoms. The summed E-state index contributed by atoms with van der Waals surface area (Å²) in [6, 6.07) is 10.6. The van der Waals surface area contributed by atoms with E-state index in [0.717, 1.165) is 55.4 Å². The summed E-state index contributed by atoms with van der Waals surface area (Å²) in [5.74, 6) is -0.893. The first-order valence-electron chi connectivity index (χ1n) is 22.7. The van der Waals surface area contributed by atoms with Gasteiger partial charge >= 0.3 is 12.3 Å². The van der Waals surface area contributed by atoms with E-state index < -0.39 is 18.2 Å². The summed E-state index contributed by atoms with van der Waals surface area (Å²) in [5.41, 5.74) is 14.3. The highest BCUT2D eigenvalue weighted by molar-refractivity contribution is 5.77. The van der Waals surface area contributed by atoms with Crippen molar-refractivity contribution >= 4 is 23.7 Å². The second kappa shape index (κ2) is 23.2. The van der Waals surface area contributed by atoms with E-state index in [1.165, 1.54) is 16.8 Å². The van der Waals surface area contributed by atoms with Gasteiger partial charge in [0, 0.05) is 82.9 Å². The number of alkyl halides is 3. The Morgan fingerprint density at radius 1 is 0.908 bits per heavy atom. The summed E-state index contributed by atoms with van der Waals surface area (Å²) in [6.45, 7) is 5.78. The average Bonchev–Trinajstić information content (AvgIpc) is 4.01. The summed E-state index contributed by atoms with van der Waals surface area (Å²) >= 11 is 0. The van der Waals surface area contributed by atoms with Crippen molar-refractivity contribution in [3.8, 4) is 22.8 Å². The minimum Gasteiger partial charge on any atom is -0.490 e. The van der Waals surface area contributed by atoms with Crippen LogP contribution in [0.4, 0.5) is 13.2 Å². The van der Waals surface area contributed by atoms with Gasteiger partial charge in [-0.15, -0.1) is 18.3 Å². The van der Waals surface area contributed by atoms with E-state index in [4.69, 9.17) is 16.2 Å². The Balaban J connectivity index is 1.02. The monoisotopic (exact) mass is 912 g/mol. The number of carbonyl (C=O) groups is 4. The highest BCUT2D eigenvalue weighted by Crippen LogP contribution is 2.48. The second-order valence-electron chi connectivity index (χ2n) is 17.3. The molecule has 1 aromatic heterocycles. The van der Waals surface area contributed by atoms with Crippen LogP contribution in [0.25, 0.3) is 11.3 Å². The van der Waals surface area contributed by atoms with E-state index in [9.17, 15) is 37.5 Å². The maximum Gasteiger partial charge on any atom is 0.573 e. The van der Waals surface area contributed by atoms with Crippen molar-refractivity contribution in [3.05, 3.63) is 59.3 Å². The van der Waals surface area contributed by atoms with E-state index in [1.807, 2.05) is 11.0 Å². The second-order valence-corrected chi connectivity index (χ2v) is 17.3. The minimum absolute atomic E-state index is 0.0132. The van der Waals surface area contributed by atoms with Gasteiger partial charge in [0.05, 0.1) is 12.1 Å². The first-order valence-corrected chi connectivity index (χ1v) is 22.7. The quantitative estimate of drug-likeness (QED) is 0.0760. The number of carbonyl (C=O) groups excluding carboxylic acids is 3. The topological polar surface area (TPSA) is 232 Å². The number of ether oxygens (including phenoxy) is 2. The van der Waals surface area contributed by atoms with Crippen LogP contribution in [0.5, 0.6) is 11.5 Å². The Labute approximate surface area is 377 Å². The molecule has 3 heterocycles. The molecule has 1 saturated carbocycles. The van der Waals surface area contributed by atoms with Crippen molar-refractivity contribution in [1.29, 1.82) is 0 Å². The molecule has 1 saturated heterocycles. The van der Waals surface area contributed by atoms with Gasteiger partial charge in [0.25, 0.3) is 0 Å². The van der Waals surface area contributed by atoms with Crippen LogP contribution in [0, 0.1) is 17.8 Å². The number of nitrogens with one attached hydrogen (secondary N) is 3. The number of amides is 3. The van der Waals surface area contributed by atoms with E-state index in [-0.39, 0.29) is 73.9 Å². The number of carboxylic acids is 1. The maximum atomic E-state index is 13.6. The molecule has 3 aromatic rings. The Bertz CT molecular complexity index is 2050. The van der Waals surface area contributed by atoms with Gasteiger partial charge in [0.1, 0.15) is 29.8 Å². The van der Waals surface area contributed by atoms with Gasteiger partial charge in [-0.25, -0.2) is 4.68 Å². The summed E-state index contributed by atoms with van der Waals surface area (Å²) in [6.07, 6.45) is 2.39. The molecule has 0 unspecified atom stereocenters. The lowest BCUT2D eigenvalue weighted by molar-refractivity contribution is -0.275. The number of rotatable bonds is 24. The molecule has 8 N–H and O–H groups in total. The van der Waals surface area contributed by atoms with Crippen molar-refractivity contribution in [2.24, 2.45) is 29.2 Å². The molecule has 3 aliphatic rings. The standard InChI is InChI=1S/C45H63F3N10O7/c1-29(44(62)63)43(32-3-4-32)34-5-2-30-6-8-37(64-39(30)25-34)31-10-19-57(20-11-31)26-35-24-33(7-9-38(35)65-45(46,47)48)36-27-58(55-54-36)28-42(61)53-18-23-56(21-12-40(59)51-16-14-49)22-13-41(60)52-17-15-50/h2,5,7,9,24-25,27,29,31-32,37,43H,3-4,6,8,10-23,26,28,49-50H2,1H3,(H,51,59)(H,52,60)(H,53,61)(H,62,63)/t29-,37+,43-/m0/s1. The Hall–Kier alpha value is -5.31. The number of piperidine rings is 1. The zero-order chi connectivity index (χ0) is 46.5. The fourth-order valence-corrected chi connectivity index (χ4v) is 8.85. The number of likely N-dealkylation sites (tertiary alicyclic amines) is 1. The van der Waals surface area contributed by atoms with Gasteiger partial charge < -0.3 is 46.9 Å². The van der Waals surface area contributed by atoms with E-state index in [0.29, 0.717) is 81.6 Å². The predicted octanol–water partition coefficient (Wildman–Crippen LogP) is 3.01. The number of nitrogens with two attached hydrogens (primary N) is 2. The van der Waals surface area contributed by atoms with Crippen LogP contribution < -0.4 is 36.9 Å². The average molecular weight is 913 g/mol. The molecule has 356 valence electrons. The van der Waals surface area contributed by atoms with Gasteiger partial charge in [-0.05, 0) is 105 Å². The van der Waals surface area contributed by atoms with Crippen molar-refractivity contribution in [2.45, 2.75) is 89.8 Å². The smallest absolute Gasteiger partial charge is 0.490 e. The Morgan fingerprint density at radius 3 is 2.22 bits per heavy atom. The molecule has 20 heteroatoms. The third-order valence-electron chi connectivity index (χ3n) is 12.5. The molecular weight excluding hydrogens is 850 g/mol. The number of aromatic nitrogens is 3. The number of hydrogen-bond donors (Lipinski definition) is 6. The number of hydrogen-bond acceptors (Lipinski definition) is 12. The lowest BCUT2D eigenvalue weighted by Crippen LogP contribution is -2.40. The zero-order valence-electron chi connectivity index (χ0n) is 37.0. The molecular formula is C45H63F3N10O7. The molecule has 0 spiro atoms. The van der Waals surface area contributed by atoms with Crippen LogP contribution in [-0.2, 0) is 38.7 Å². The van der Waals surface area contributed by atoms with Gasteiger partial charge in [-0.3, -0.25) is 24.1 Å². The number of nitrogens with zero attached hydrogens (tertiary/aromatic N) is 5. The largest absolute Gasteiger partial charge is 0.573 e. The maximum absolute atomic E-state index is 13.6. The number of aliphatic carboxylic acids is 1. The van der Waals surface area contributed by atoms with Gasteiger partial charge in [-0.1, -0.05) is 24.3 Å². The fourth-order valence-electron chi connectivity index (χ4n) is 8.85. The van der Waals surface area contributed by atoms with E-state index in [2.05, 4.69) is 48.0 Å². The molecule has 17 nitrogen and oxygen atoms in total. The number of halogens is 3. The molecule has 3 amide bonds. The molecule has 6 rings (SSSR count). The van der Waals surface area contributed by atoms with Gasteiger partial charge in [-0.2, -0.15) is 0 Å². The molecule has 0 radical (unpaired) electrons. The summed E-state index contributed by atoms with van der Waals surface area (Å²) in [5, 5.41) is 26.3. The van der Waals surface area contributed by atoms with Crippen LogP contribution in [0.2, 0.25) is 0 Å². The summed E-state index contributed by atoms with van der Waals surface area (Å²) in [7, 11) is 0. The van der Waals surface area contributed by atoms with Gasteiger partial charge in [0.15, 0.2) is 0 Å². The highest BCUT2D eigenvalue weighted by Gasteiger charge is 2.40. The van der Waals surface area contributed by atoms with Crippen LogP contribution in [0.1, 0.15) is 74.5 Å².